The molecule has 4 heteroatoms. The first-order chi connectivity index (χ1) is 8.86. The van der Waals surface area contributed by atoms with E-state index in [0.29, 0.717) is 6.04 Å². The molecule has 1 aromatic rings. The Labute approximate surface area is 109 Å². The molecule has 2 saturated heterocycles. The lowest BCUT2D eigenvalue weighted by Crippen LogP contribution is -2.46. The van der Waals surface area contributed by atoms with E-state index in [1.807, 2.05) is 6.20 Å². The van der Waals surface area contributed by atoms with Crippen LogP contribution in [0.25, 0.3) is 0 Å². The first-order valence-corrected chi connectivity index (χ1v) is 7.36. The zero-order valence-electron chi connectivity index (χ0n) is 11.3. The van der Waals surface area contributed by atoms with Gasteiger partial charge in [0.2, 0.25) is 0 Å². The molecule has 0 spiro atoms. The van der Waals surface area contributed by atoms with Gasteiger partial charge in [0, 0.05) is 19.3 Å². The highest BCUT2D eigenvalue weighted by atomic mass is 15.3. The number of rotatable bonds is 4. The van der Waals surface area contributed by atoms with E-state index in [0.717, 1.165) is 19.0 Å². The van der Waals surface area contributed by atoms with Crippen LogP contribution in [0, 0.1) is 5.92 Å². The molecule has 0 aliphatic carbocycles. The minimum atomic E-state index is 0.604. The zero-order valence-corrected chi connectivity index (χ0v) is 11.3. The number of hydrogen-bond donors (Lipinski definition) is 1. The number of piperidine rings is 1. The number of aromatic nitrogens is 2. The van der Waals surface area contributed by atoms with Crippen molar-refractivity contribution in [1.82, 2.24) is 15.1 Å². The molecule has 1 aromatic heterocycles. The molecule has 0 unspecified atom stereocenters. The smallest absolute Gasteiger partial charge is 0.0752 e. The second-order valence-electron chi connectivity index (χ2n) is 5.72. The Kier molecular flexibility index (Phi) is 3.55. The van der Waals surface area contributed by atoms with Gasteiger partial charge in [-0.3, -0.25) is 4.68 Å². The first kappa shape index (κ1) is 12.0. The summed E-state index contributed by atoms with van der Waals surface area (Å²) >= 11 is 0. The highest BCUT2D eigenvalue weighted by Crippen LogP contribution is 2.28. The summed E-state index contributed by atoms with van der Waals surface area (Å²) in [6.07, 6.45) is 9.40. The van der Waals surface area contributed by atoms with Crippen LogP contribution in [0.15, 0.2) is 12.4 Å². The molecule has 2 aliphatic rings. The number of hydrogen-bond acceptors (Lipinski definition) is 3. The van der Waals surface area contributed by atoms with Crippen LogP contribution in [0.3, 0.4) is 0 Å². The van der Waals surface area contributed by atoms with Gasteiger partial charge in [0.25, 0.3) is 0 Å². The van der Waals surface area contributed by atoms with Crippen molar-refractivity contribution in [2.75, 3.05) is 31.1 Å². The van der Waals surface area contributed by atoms with E-state index in [1.165, 1.54) is 44.5 Å². The van der Waals surface area contributed by atoms with Crippen LogP contribution >= 0.6 is 0 Å². The summed E-state index contributed by atoms with van der Waals surface area (Å²) < 4.78 is 2.18. The molecule has 4 nitrogen and oxygen atoms in total. The average Bonchev–Trinajstić information content (AvgIpc) is 2.83. The molecule has 2 aliphatic heterocycles. The van der Waals surface area contributed by atoms with Gasteiger partial charge in [-0.2, -0.15) is 5.10 Å². The Morgan fingerprint density at radius 2 is 2.11 bits per heavy atom. The third-order valence-electron chi connectivity index (χ3n) is 4.29. The van der Waals surface area contributed by atoms with E-state index in [4.69, 9.17) is 0 Å². The van der Waals surface area contributed by atoms with Crippen molar-refractivity contribution in [2.24, 2.45) is 5.92 Å². The van der Waals surface area contributed by atoms with Gasteiger partial charge in [-0.25, -0.2) is 0 Å². The third-order valence-corrected chi connectivity index (χ3v) is 4.29. The normalized spacial score (nSPS) is 22.2. The molecule has 18 heavy (non-hydrogen) atoms. The first-order valence-electron chi connectivity index (χ1n) is 7.36. The molecule has 0 saturated carbocycles. The molecule has 2 fully saturated rings. The summed E-state index contributed by atoms with van der Waals surface area (Å²) in [6.45, 7) is 6.99. The van der Waals surface area contributed by atoms with Crippen molar-refractivity contribution >= 4 is 5.69 Å². The lowest BCUT2D eigenvalue weighted by Gasteiger charge is -2.40. The van der Waals surface area contributed by atoms with Crippen LogP contribution in [-0.2, 0) is 0 Å². The summed E-state index contributed by atoms with van der Waals surface area (Å²) in [5, 5.41) is 7.97. The van der Waals surface area contributed by atoms with Gasteiger partial charge in [0.05, 0.1) is 17.9 Å². The third kappa shape index (κ3) is 2.39. The lowest BCUT2D eigenvalue weighted by molar-refractivity contribution is 0.342. The molecule has 100 valence electrons. The minimum absolute atomic E-state index is 0.604. The molecule has 1 N–H and O–H groups in total. The average molecular weight is 248 g/mol. The van der Waals surface area contributed by atoms with E-state index in [2.05, 4.69) is 33.1 Å². The van der Waals surface area contributed by atoms with Crippen LogP contribution < -0.4 is 10.2 Å². The van der Waals surface area contributed by atoms with Gasteiger partial charge >= 0.3 is 0 Å². The fourth-order valence-corrected chi connectivity index (χ4v) is 3.13. The predicted molar refractivity (Wildman–Crippen MR) is 74.0 cm³/mol. The van der Waals surface area contributed by atoms with Crippen LogP contribution in [0.1, 0.15) is 38.6 Å². The maximum absolute atomic E-state index is 4.56. The fraction of sp³-hybridized carbons (Fsp3) is 0.786. The van der Waals surface area contributed by atoms with Crippen molar-refractivity contribution < 1.29 is 0 Å². The highest BCUT2D eigenvalue weighted by Gasteiger charge is 2.27. The predicted octanol–water partition coefficient (Wildman–Crippen LogP) is 2.04. The second kappa shape index (κ2) is 5.31. The molecule has 3 heterocycles. The van der Waals surface area contributed by atoms with E-state index >= 15 is 0 Å². The van der Waals surface area contributed by atoms with Gasteiger partial charge in [-0.05, 0) is 38.3 Å². The second-order valence-corrected chi connectivity index (χ2v) is 5.72. The van der Waals surface area contributed by atoms with Crippen LogP contribution in [0.2, 0.25) is 0 Å². The van der Waals surface area contributed by atoms with Crippen molar-refractivity contribution in [3.05, 3.63) is 12.4 Å². The largest absolute Gasteiger partial charge is 0.368 e. The minimum Gasteiger partial charge on any atom is -0.368 e. The standard InChI is InChI=1S/C14H24N4/c1-2-3-12-9-17(10-12)14-8-16-18(11-14)13-4-6-15-7-5-13/h8,11-13,15H,2-7,9-10H2,1H3. The van der Waals surface area contributed by atoms with Crippen molar-refractivity contribution in [2.45, 2.75) is 38.6 Å². The molecular weight excluding hydrogens is 224 g/mol. The van der Waals surface area contributed by atoms with Gasteiger partial charge in [-0.1, -0.05) is 13.3 Å². The fourth-order valence-electron chi connectivity index (χ4n) is 3.13. The van der Waals surface area contributed by atoms with Crippen LogP contribution in [0.5, 0.6) is 0 Å². The molecule has 3 rings (SSSR count). The topological polar surface area (TPSA) is 33.1 Å². The maximum Gasteiger partial charge on any atom is 0.0752 e. The van der Waals surface area contributed by atoms with Crippen LogP contribution in [0.4, 0.5) is 5.69 Å². The molecule has 0 aromatic carbocycles. The Morgan fingerprint density at radius 1 is 1.33 bits per heavy atom. The Morgan fingerprint density at radius 3 is 2.83 bits per heavy atom. The molecule has 0 radical (unpaired) electrons. The Hall–Kier alpha value is -1.03. The quantitative estimate of drug-likeness (QED) is 0.885. The monoisotopic (exact) mass is 248 g/mol. The number of nitrogens with one attached hydrogen (secondary N) is 1. The van der Waals surface area contributed by atoms with E-state index in [9.17, 15) is 0 Å². The van der Waals surface area contributed by atoms with Crippen molar-refractivity contribution in [3.63, 3.8) is 0 Å². The molecule has 0 atom stereocenters. The van der Waals surface area contributed by atoms with Crippen LogP contribution in [-0.4, -0.2) is 36.0 Å². The Bertz CT molecular complexity index is 375. The van der Waals surface area contributed by atoms with Gasteiger partial charge < -0.3 is 10.2 Å². The SMILES string of the molecule is CCCC1CN(c2cnn(C3CCNCC3)c2)C1. The van der Waals surface area contributed by atoms with Gasteiger partial charge in [0.1, 0.15) is 0 Å². The highest BCUT2D eigenvalue weighted by molar-refractivity contribution is 5.45. The van der Waals surface area contributed by atoms with Crippen molar-refractivity contribution in [1.29, 1.82) is 0 Å². The zero-order chi connectivity index (χ0) is 12.4. The molecular formula is C14H24N4. The van der Waals surface area contributed by atoms with Gasteiger partial charge in [-0.15, -0.1) is 0 Å². The van der Waals surface area contributed by atoms with E-state index in [-0.39, 0.29) is 0 Å². The van der Waals surface area contributed by atoms with E-state index < -0.39 is 0 Å². The number of nitrogens with zero attached hydrogens (tertiary/aromatic N) is 3. The summed E-state index contributed by atoms with van der Waals surface area (Å²) in [5.74, 6) is 0.914. The Balaban J connectivity index is 1.57. The van der Waals surface area contributed by atoms with E-state index in [1.54, 1.807) is 0 Å². The summed E-state index contributed by atoms with van der Waals surface area (Å²) in [5.41, 5.74) is 1.32. The summed E-state index contributed by atoms with van der Waals surface area (Å²) in [7, 11) is 0. The van der Waals surface area contributed by atoms with Gasteiger partial charge in [0.15, 0.2) is 0 Å². The lowest BCUT2D eigenvalue weighted by atomic mass is 9.95. The summed E-state index contributed by atoms with van der Waals surface area (Å²) in [4.78, 5) is 2.46. The number of anilines is 1. The molecule has 0 amide bonds. The maximum atomic E-state index is 4.56. The van der Waals surface area contributed by atoms with Crippen molar-refractivity contribution in [3.8, 4) is 0 Å². The summed E-state index contributed by atoms with van der Waals surface area (Å²) in [6, 6.07) is 0.604. The molecule has 0 bridgehead atoms.